The van der Waals surface area contributed by atoms with Crippen LogP contribution in [-0.4, -0.2) is 44.6 Å². The van der Waals surface area contributed by atoms with Gasteiger partial charge in [0.2, 0.25) is 5.91 Å². The standard InChI is InChI=1S/C20H26N4O4/c1-22-18-14(19(26)23(2)20(22)27)7-8-15(21-18)16-12-24(9-10-28-16)17(25)11-13-5-3-4-6-13/h7-8,13,16H,3-6,9-12H2,1-2H3/t16-/m1/s1. The summed E-state index contributed by atoms with van der Waals surface area (Å²) in [4.78, 5) is 43.6. The first-order valence-corrected chi connectivity index (χ1v) is 9.91. The number of carbonyl (C=O) groups is 1. The molecule has 2 aliphatic rings. The average molecular weight is 386 g/mol. The van der Waals surface area contributed by atoms with Crippen LogP contribution in [0.2, 0.25) is 0 Å². The van der Waals surface area contributed by atoms with Gasteiger partial charge in [-0.3, -0.25) is 18.7 Å². The lowest BCUT2D eigenvalue weighted by atomic mass is 10.0. The molecule has 2 aromatic heterocycles. The number of aromatic nitrogens is 3. The Balaban J connectivity index is 1.58. The highest BCUT2D eigenvalue weighted by Crippen LogP contribution is 2.29. The van der Waals surface area contributed by atoms with Crippen LogP contribution in [0.4, 0.5) is 0 Å². The van der Waals surface area contributed by atoms with Gasteiger partial charge in [0.05, 0.1) is 24.2 Å². The zero-order valence-electron chi connectivity index (χ0n) is 16.4. The number of rotatable bonds is 3. The van der Waals surface area contributed by atoms with Crippen molar-refractivity contribution in [3.8, 4) is 0 Å². The Hall–Kier alpha value is -2.48. The van der Waals surface area contributed by atoms with E-state index >= 15 is 0 Å². The summed E-state index contributed by atoms with van der Waals surface area (Å²) < 4.78 is 8.30. The Morgan fingerprint density at radius 1 is 1.18 bits per heavy atom. The maximum Gasteiger partial charge on any atom is 0.332 e. The maximum absolute atomic E-state index is 12.7. The molecule has 1 aliphatic carbocycles. The molecule has 0 N–H and O–H groups in total. The van der Waals surface area contributed by atoms with Crippen molar-refractivity contribution in [1.82, 2.24) is 19.0 Å². The minimum atomic E-state index is -0.417. The first-order chi connectivity index (χ1) is 13.5. The molecule has 150 valence electrons. The Bertz CT molecular complexity index is 1020. The summed E-state index contributed by atoms with van der Waals surface area (Å²) in [5.74, 6) is 0.695. The van der Waals surface area contributed by atoms with Crippen molar-refractivity contribution >= 4 is 16.9 Å². The van der Waals surface area contributed by atoms with Crippen LogP contribution in [-0.2, 0) is 23.6 Å². The van der Waals surface area contributed by atoms with E-state index in [2.05, 4.69) is 4.98 Å². The van der Waals surface area contributed by atoms with Crippen molar-refractivity contribution in [2.24, 2.45) is 20.0 Å². The van der Waals surface area contributed by atoms with Gasteiger partial charge in [0.25, 0.3) is 5.56 Å². The molecule has 0 unspecified atom stereocenters. The molecule has 8 nitrogen and oxygen atoms in total. The number of ether oxygens (including phenoxy) is 1. The zero-order valence-corrected chi connectivity index (χ0v) is 16.4. The number of morpholine rings is 1. The number of fused-ring (bicyclic) bond motifs is 1. The largest absolute Gasteiger partial charge is 0.368 e. The van der Waals surface area contributed by atoms with Crippen molar-refractivity contribution in [3.05, 3.63) is 38.7 Å². The van der Waals surface area contributed by atoms with E-state index in [0.717, 1.165) is 17.4 Å². The summed E-state index contributed by atoms with van der Waals surface area (Å²) in [6.07, 6.45) is 5.00. The highest BCUT2D eigenvalue weighted by Gasteiger charge is 2.29. The van der Waals surface area contributed by atoms with Crippen LogP contribution in [0.1, 0.15) is 43.9 Å². The molecule has 1 saturated carbocycles. The lowest BCUT2D eigenvalue weighted by molar-refractivity contribution is -0.140. The second kappa shape index (κ2) is 7.50. The van der Waals surface area contributed by atoms with Gasteiger partial charge in [-0.25, -0.2) is 9.78 Å². The number of hydrogen-bond acceptors (Lipinski definition) is 5. The minimum Gasteiger partial charge on any atom is -0.368 e. The highest BCUT2D eigenvalue weighted by atomic mass is 16.5. The van der Waals surface area contributed by atoms with Crippen LogP contribution in [0.25, 0.3) is 11.0 Å². The van der Waals surface area contributed by atoms with Crippen LogP contribution in [0.5, 0.6) is 0 Å². The summed E-state index contributed by atoms with van der Waals surface area (Å²) in [7, 11) is 3.05. The minimum absolute atomic E-state index is 0.183. The van der Waals surface area contributed by atoms with Crippen LogP contribution < -0.4 is 11.2 Å². The van der Waals surface area contributed by atoms with Gasteiger partial charge in [-0.2, -0.15) is 0 Å². The van der Waals surface area contributed by atoms with Gasteiger partial charge in [-0.15, -0.1) is 0 Å². The van der Waals surface area contributed by atoms with Crippen molar-refractivity contribution in [1.29, 1.82) is 0 Å². The Morgan fingerprint density at radius 3 is 2.68 bits per heavy atom. The summed E-state index contributed by atoms with van der Waals surface area (Å²) >= 11 is 0. The third kappa shape index (κ3) is 3.37. The van der Waals surface area contributed by atoms with Gasteiger partial charge in [0.15, 0.2) is 0 Å². The number of aryl methyl sites for hydroxylation is 1. The number of carbonyl (C=O) groups excluding carboxylic acids is 1. The molecule has 1 amide bonds. The van der Waals surface area contributed by atoms with Gasteiger partial charge in [-0.05, 0) is 30.9 Å². The molecule has 3 heterocycles. The molecule has 8 heteroatoms. The molecule has 0 radical (unpaired) electrons. The zero-order chi connectivity index (χ0) is 19.8. The second-order valence-corrected chi connectivity index (χ2v) is 7.87. The van der Waals surface area contributed by atoms with E-state index in [9.17, 15) is 14.4 Å². The van der Waals surface area contributed by atoms with E-state index in [1.807, 2.05) is 4.90 Å². The van der Waals surface area contributed by atoms with E-state index in [1.165, 1.54) is 24.5 Å². The van der Waals surface area contributed by atoms with Gasteiger partial charge in [-0.1, -0.05) is 12.8 Å². The first-order valence-electron chi connectivity index (χ1n) is 9.91. The molecule has 2 aromatic rings. The number of nitrogens with zero attached hydrogens (tertiary/aromatic N) is 4. The third-order valence-corrected chi connectivity index (χ3v) is 6.01. The maximum atomic E-state index is 12.7. The fourth-order valence-electron chi connectivity index (χ4n) is 4.29. The van der Waals surface area contributed by atoms with Gasteiger partial charge in [0, 0.05) is 27.1 Å². The quantitative estimate of drug-likeness (QED) is 0.789. The molecular weight excluding hydrogens is 360 g/mol. The first kappa shape index (κ1) is 18.9. The van der Waals surface area contributed by atoms with Crippen LogP contribution in [0, 0.1) is 5.92 Å². The number of hydrogen-bond donors (Lipinski definition) is 0. The predicted octanol–water partition coefficient (Wildman–Crippen LogP) is 1.11. The van der Waals surface area contributed by atoms with Crippen molar-refractivity contribution < 1.29 is 9.53 Å². The third-order valence-electron chi connectivity index (χ3n) is 6.01. The summed E-state index contributed by atoms with van der Waals surface area (Å²) in [5, 5.41) is 0.387. The molecule has 0 bridgehead atoms. The van der Waals surface area contributed by atoms with E-state index in [1.54, 1.807) is 19.2 Å². The average Bonchev–Trinajstić information content (AvgIpc) is 3.23. The lowest BCUT2D eigenvalue weighted by Crippen LogP contribution is -2.43. The lowest BCUT2D eigenvalue weighted by Gasteiger charge is -2.33. The van der Waals surface area contributed by atoms with Crippen LogP contribution >= 0.6 is 0 Å². The van der Waals surface area contributed by atoms with Gasteiger partial charge >= 0.3 is 5.69 Å². The van der Waals surface area contributed by atoms with E-state index < -0.39 is 5.69 Å². The van der Waals surface area contributed by atoms with Crippen LogP contribution in [0.3, 0.4) is 0 Å². The van der Waals surface area contributed by atoms with Gasteiger partial charge < -0.3 is 9.64 Å². The predicted molar refractivity (Wildman–Crippen MR) is 104 cm³/mol. The molecule has 0 aromatic carbocycles. The summed E-state index contributed by atoms with van der Waals surface area (Å²) in [5.41, 5.74) is 0.188. The highest BCUT2D eigenvalue weighted by molar-refractivity contribution is 5.77. The molecule has 2 fully saturated rings. The number of pyridine rings is 1. The Labute approximate surface area is 162 Å². The Morgan fingerprint density at radius 2 is 1.93 bits per heavy atom. The smallest absolute Gasteiger partial charge is 0.332 e. The SMILES string of the molecule is Cn1c(=O)c2ccc([C@H]3CN(C(=O)CC4CCCC4)CCO3)nc2n(C)c1=O. The molecular formula is C20H26N4O4. The van der Waals surface area contributed by atoms with Crippen LogP contribution in [0.15, 0.2) is 21.7 Å². The molecule has 1 aliphatic heterocycles. The topological polar surface area (TPSA) is 86.4 Å². The fourth-order valence-corrected chi connectivity index (χ4v) is 4.29. The van der Waals surface area contributed by atoms with Crippen molar-refractivity contribution in [2.45, 2.75) is 38.2 Å². The molecule has 1 saturated heterocycles. The fraction of sp³-hybridized carbons (Fsp3) is 0.600. The normalized spacial score (nSPS) is 20.8. The van der Waals surface area contributed by atoms with Crippen molar-refractivity contribution in [3.63, 3.8) is 0 Å². The van der Waals surface area contributed by atoms with E-state index in [4.69, 9.17) is 4.74 Å². The van der Waals surface area contributed by atoms with Gasteiger partial charge in [0.1, 0.15) is 11.8 Å². The van der Waals surface area contributed by atoms with E-state index in [0.29, 0.717) is 48.8 Å². The molecule has 1 atom stereocenters. The van der Waals surface area contributed by atoms with E-state index in [-0.39, 0.29) is 17.6 Å². The summed E-state index contributed by atoms with van der Waals surface area (Å²) in [6, 6.07) is 3.44. The summed E-state index contributed by atoms with van der Waals surface area (Å²) in [6.45, 7) is 1.49. The Kier molecular flexibility index (Phi) is 5.05. The second-order valence-electron chi connectivity index (χ2n) is 7.87. The molecule has 0 spiro atoms. The number of amides is 1. The monoisotopic (exact) mass is 386 g/mol. The molecule has 4 rings (SSSR count). The van der Waals surface area contributed by atoms with Crippen molar-refractivity contribution in [2.75, 3.05) is 19.7 Å². The molecule has 28 heavy (non-hydrogen) atoms.